The zero-order chi connectivity index (χ0) is 14.8. The second-order valence-corrected chi connectivity index (χ2v) is 5.27. The third-order valence-electron chi connectivity index (χ3n) is 3.78. The number of piperidine rings is 1. The van der Waals surface area contributed by atoms with Gasteiger partial charge in [-0.25, -0.2) is 13.8 Å². The molecule has 0 saturated carbocycles. The van der Waals surface area contributed by atoms with Gasteiger partial charge >= 0.3 is 0 Å². The van der Waals surface area contributed by atoms with Gasteiger partial charge in [0.15, 0.2) is 11.6 Å². The normalized spacial score (nSPS) is 21.2. The molecule has 1 fully saturated rings. The number of nitrogens with zero attached hydrogens (tertiary/aromatic N) is 2. The van der Waals surface area contributed by atoms with Crippen LogP contribution in [0.4, 0.5) is 8.78 Å². The Kier molecular flexibility index (Phi) is 7.41. The average molecular weight is 366 g/mol. The minimum Gasteiger partial charge on any atom is -0.391 e. The Morgan fingerprint density at radius 2 is 2.04 bits per heavy atom. The third-order valence-corrected chi connectivity index (χ3v) is 3.78. The van der Waals surface area contributed by atoms with Gasteiger partial charge < -0.3 is 15.0 Å². The van der Waals surface area contributed by atoms with Gasteiger partial charge in [-0.2, -0.15) is 0 Å². The number of benzene rings is 1. The van der Waals surface area contributed by atoms with Crippen molar-refractivity contribution in [3.8, 4) is 0 Å². The summed E-state index contributed by atoms with van der Waals surface area (Å²) in [6.45, 7) is 1.39. The number of fused-ring (bicyclic) bond motifs is 1. The molecular formula is C15H19Cl2F2N3O. The largest absolute Gasteiger partial charge is 0.391 e. The molecule has 0 radical (unpaired) electrons. The molecule has 1 aromatic carbocycles. The summed E-state index contributed by atoms with van der Waals surface area (Å²) >= 11 is 0. The van der Waals surface area contributed by atoms with Crippen molar-refractivity contribution < 1.29 is 13.9 Å². The maximum Gasteiger partial charge on any atom is 0.161 e. The van der Waals surface area contributed by atoms with E-state index in [0.29, 0.717) is 17.6 Å². The van der Waals surface area contributed by atoms with Crippen molar-refractivity contribution in [1.29, 1.82) is 0 Å². The lowest BCUT2D eigenvalue weighted by Crippen LogP contribution is -2.43. The number of allylic oxidation sites excluding steroid dienone is 1. The molecule has 0 bridgehead atoms. The Hall–Kier alpha value is -1.21. The highest BCUT2D eigenvalue weighted by Gasteiger charge is 2.19. The van der Waals surface area contributed by atoms with E-state index in [1.165, 1.54) is 0 Å². The maximum atomic E-state index is 13.3. The molecule has 4 nitrogen and oxygen atoms in total. The fourth-order valence-electron chi connectivity index (χ4n) is 2.61. The summed E-state index contributed by atoms with van der Waals surface area (Å²) in [6.07, 6.45) is 6.76. The van der Waals surface area contributed by atoms with Crippen LogP contribution >= 0.6 is 24.8 Å². The van der Waals surface area contributed by atoms with Gasteiger partial charge in [0, 0.05) is 18.7 Å². The summed E-state index contributed by atoms with van der Waals surface area (Å²) in [5.74, 6) is -1.77. The van der Waals surface area contributed by atoms with Gasteiger partial charge in [0.1, 0.15) is 0 Å². The standard InChI is InChI=1S/C15H17F2N3O.2ClH/c16-10-7-13-14(8-11(10)17)20(9-19-13)6-2-3-12-15(21)4-1-5-18-12;;/h2-3,7-9,12,15,18,21H,1,4-6H2;2*1H/b3-2+;;. The van der Waals surface area contributed by atoms with Crippen LogP contribution in [0.2, 0.25) is 0 Å². The molecule has 0 amide bonds. The van der Waals surface area contributed by atoms with Crippen molar-refractivity contribution >= 4 is 35.8 Å². The number of hydrogen-bond acceptors (Lipinski definition) is 3. The Morgan fingerprint density at radius 1 is 1.30 bits per heavy atom. The van der Waals surface area contributed by atoms with Gasteiger partial charge in [-0.15, -0.1) is 24.8 Å². The van der Waals surface area contributed by atoms with Crippen LogP contribution in [0.3, 0.4) is 0 Å². The molecule has 2 atom stereocenters. The van der Waals surface area contributed by atoms with Gasteiger partial charge in [0.25, 0.3) is 0 Å². The van der Waals surface area contributed by atoms with Crippen molar-refractivity contribution in [2.24, 2.45) is 0 Å². The Balaban J connectivity index is 0.00000132. The van der Waals surface area contributed by atoms with Crippen molar-refractivity contribution in [3.63, 3.8) is 0 Å². The molecule has 2 N–H and O–H groups in total. The van der Waals surface area contributed by atoms with Crippen LogP contribution in [0, 0.1) is 11.6 Å². The smallest absolute Gasteiger partial charge is 0.161 e. The van der Waals surface area contributed by atoms with Crippen molar-refractivity contribution in [2.75, 3.05) is 6.54 Å². The van der Waals surface area contributed by atoms with Crippen LogP contribution in [0.15, 0.2) is 30.6 Å². The zero-order valence-corrected chi connectivity index (χ0v) is 13.9. The van der Waals surface area contributed by atoms with E-state index in [1.54, 1.807) is 10.9 Å². The first-order valence-electron chi connectivity index (χ1n) is 7.03. The lowest BCUT2D eigenvalue weighted by Gasteiger charge is -2.26. The number of aromatic nitrogens is 2. The molecule has 8 heteroatoms. The minimum atomic E-state index is -0.891. The molecular weight excluding hydrogens is 347 g/mol. The summed E-state index contributed by atoms with van der Waals surface area (Å²) in [5, 5.41) is 13.1. The minimum absolute atomic E-state index is 0. The average Bonchev–Trinajstić information content (AvgIpc) is 2.84. The SMILES string of the molecule is Cl.Cl.OC1CCCNC1/C=C/Cn1cnc2cc(F)c(F)cc21. The van der Waals surface area contributed by atoms with E-state index in [0.717, 1.165) is 31.5 Å². The quantitative estimate of drug-likeness (QED) is 0.822. The zero-order valence-electron chi connectivity index (χ0n) is 12.3. The predicted molar refractivity (Wildman–Crippen MR) is 90.3 cm³/mol. The number of aliphatic hydroxyl groups is 1. The molecule has 128 valence electrons. The van der Waals surface area contributed by atoms with E-state index in [9.17, 15) is 13.9 Å². The fraction of sp³-hybridized carbons (Fsp3) is 0.400. The molecule has 23 heavy (non-hydrogen) atoms. The maximum absolute atomic E-state index is 13.3. The highest BCUT2D eigenvalue weighted by molar-refractivity contribution is 5.85. The lowest BCUT2D eigenvalue weighted by atomic mass is 10.0. The molecule has 0 spiro atoms. The van der Waals surface area contributed by atoms with Crippen LogP contribution in [0.25, 0.3) is 11.0 Å². The summed E-state index contributed by atoms with van der Waals surface area (Å²) in [6, 6.07) is 2.19. The molecule has 1 aliphatic rings. The Morgan fingerprint density at radius 3 is 2.78 bits per heavy atom. The highest BCUT2D eigenvalue weighted by atomic mass is 35.5. The highest BCUT2D eigenvalue weighted by Crippen LogP contribution is 2.17. The first-order valence-corrected chi connectivity index (χ1v) is 7.03. The van der Waals surface area contributed by atoms with E-state index in [4.69, 9.17) is 0 Å². The monoisotopic (exact) mass is 365 g/mol. The number of halogens is 4. The topological polar surface area (TPSA) is 50.1 Å². The van der Waals surface area contributed by atoms with Crippen LogP contribution < -0.4 is 5.32 Å². The van der Waals surface area contributed by atoms with Crippen LogP contribution in [-0.4, -0.2) is 33.3 Å². The Labute approximate surface area is 145 Å². The summed E-state index contributed by atoms with van der Waals surface area (Å²) in [5.41, 5.74) is 0.980. The third kappa shape index (κ3) is 4.41. The summed E-state index contributed by atoms with van der Waals surface area (Å²) < 4.78 is 28.2. The van der Waals surface area contributed by atoms with Gasteiger partial charge in [0.2, 0.25) is 0 Å². The molecule has 2 unspecified atom stereocenters. The van der Waals surface area contributed by atoms with Crippen molar-refractivity contribution in [1.82, 2.24) is 14.9 Å². The first kappa shape index (κ1) is 19.8. The number of nitrogens with one attached hydrogen (secondary N) is 1. The van der Waals surface area contributed by atoms with E-state index < -0.39 is 11.6 Å². The second kappa shape index (κ2) is 8.59. The number of imidazole rings is 1. The Bertz CT molecular complexity index is 678. The van der Waals surface area contributed by atoms with Crippen LogP contribution in [0.5, 0.6) is 0 Å². The molecule has 0 aliphatic carbocycles. The molecule has 2 heterocycles. The molecule has 1 aliphatic heterocycles. The van der Waals surface area contributed by atoms with Gasteiger partial charge in [-0.05, 0) is 19.4 Å². The molecule has 1 aromatic heterocycles. The van der Waals surface area contributed by atoms with Crippen LogP contribution in [-0.2, 0) is 6.54 Å². The van der Waals surface area contributed by atoms with Gasteiger partial charge in [0.05, 0.1) is 29.5 Å². The lowest BCUT2D eigenvalue weighted by molar-refractivity contribution is 0.115. The van der Waals surface area contributed by atoms with Gasteiger partial charge in [-0.3, -0.25) is 0 Å². The van der Waals surface area contributed by atoms with Gasteiger partial charge in [-0.1, -0.05) is 12.2 Å². The van der Waals surface area contributed by atoms with E-state index >= 15 is 0 Å². The van der Waals surface area contributed by atoms with Crippen molar-refractivity contribution in [2.45, 2.75) is 31.5 Å². The molecule has 2 aromatic rings. The van der Waals surface area contributed by atoms with E-state index in [-0.39, 0.29) is 37.0 Å². The summed E-state index contributed by atoms with van der Waals surface area (Å²) in [7, 11) is 0. The summed E-state index contributed by atoms with van der Waals surface area (Å²) in [4.78, 5) is 4.06. The van der Waals surface area contributed by atoms with Crippen molar-refractivity contribution in [3.05, 3.63) is 42.2 Å². The second-order valence-electron chi connectivity index (χ2n) is 5.27. The number of hydrogen-bond donors (Lipinski definition) is 2. The first-order chi connectivity index (χ1) is 10.1. The van der Waals surface area contributed by atoms with Crippen LogP contribution in [0.1, 0.15) is 12.8 Å². The fourth-order valence-corrected chi connectivity index (χ4v) is 2.61. The van der Waals surface area contributed by atoms with E-state index in [1.807, 2.05) is 12.2 Å². The van der Waals surface area contributed by atoms with E-state index in [2.05, 4.69) is 10.3 Å². The molecule has 3 rings (SSSR count). The number of aliphatic hydroxyl groups excluding tert-OH is 1. The number of rotatable bonds is 3. The molecule has 1 saturated heterocycles. The predicted octanol–water partition coefficient (Wildman–Crippen LogP) is 2.83.